The lowest BCUT2D eigenvalue weighted by atomic mass is 10.0. The molecule has 0 fully saturated rings. The van der Waals surface area contributed by atoms with Crippen LogP contribution in [0.4, 0.5) is 4.39 Å². The maximum absolute atomic E-state index is 13.6. The molecule has 0 atom stereocenters. The molecule has 0 bridgehead atoms. The van der Waals surface area contributed by atoms with Gasteiger partial charge in [-0.3, -0.25) is 4.79 Å². The minimum atomic E-state index is -0.347. The SMILES string of the molecule is CCSc1ccc(C(=O)Cc2cc(Br)ccc2F)cc1. The van der Waals surface area contributed by atoms with E-state index in [9.17, 15) is 9.18 Å². The molecule has 0 aliphatic rings. The van der Waals surface area contributed by atoms with Crippen molar-refractivity contribution in [2.45, 2.75) is 18.2 Å². The Morgan fingerprint density at radius 1 is 1.20 bits per heavy atom. The Bertz CT molecular complexity index is 610. The maximum Gasteiger partial charge on any atom is 0.167 e. The predicted octanol–water partition coefficient (Wildman–Crippen LogP) is 5.13. The Kier molecular flexibility index (Phi) is 5.38. The fourth-order valence-corrected chi connectivity index (χ4v) is 2.93. The van der Waals surface area contributed by atoms with E-state index in [2.05, 4.69) is 22.9 Å². The van der Waals surface area contributed by atoms with Crippen molar-refractivity contribution in [3.8, 4) is 0 Å². The molecule has 0 N–H and O–H groups in total. The van der Waals surface area contributed by atoms with E-state index < -0.39 is 0 Å². The van der Waals surface area contributed by atoms with E-state index in [0.29, 0.717) is 11.1 Å². The third-order valence-corrected chi connectivity index (χ3v) is 4.23. The summed E-state index contributed by atoms with van der Waals surface area (Å²) in [5.74, 6) is 0.575. The first-order valence-electron chi connectivity index (χ1n) is 6.30. The van der Waals surface area contributed by atoms with E-state index >= 15 is 0 Å². The zero-order valence-electron chi connectivity index (χ0n) is 11.0. The summed E-state index contributed by atoms with van der Waals surface area (Å²) in [5.41, 5.74) is 1.03. The number of carbonyl (C=O) groups excluding carboxylic acids is 1. The predicted molar refractivity (Wildman–Crippen MR) is 85.0 cm³/mol. The molecule has 1 nitrogen and oxygen atoms in total. The average molecular weight is 353 g/mol. The molecule has 0 amide bonds. The van der Waals surface area contributed by atoms with Gasteiger partial charge in [-0.1, -0.05) is 35.0 Å². The van der Waals surface area contributed by atoms with Crippen LogP contribution in [0.3, 0.4) is 0 Å². The number of halogens is 2. The minimum absolute atomic E-state index is 0.0740. The minimum Gasteiger partial charge on any atom is -0.294 e. The Hall–Kier alpha value is -1.13. The molecule has 0 aliphatic carbocycles. The van der Waals surface area contributed by atoms with Crippen LogP contribution in [-0.4, -0.2) is 11.5 Å². The smallest absolute Gasteiger partial charge is 0.167 e. The van der Waals surface area contributed by atoms with Gasteiger partial charge in [-0.25, -0.2) is 4.39 Å². The van der Waals surface area contributed by atoms with E-state index in [1.807, 2.05) is 12.1 Å². The molecule has 2 aromatic carbocycles. The van der Waals surface area contributed by atoms with Gasteiger partial charge < -0.3 is 0 Å². The highest BCUT2D eigenvalue weighted by Gasteiger charge is 2.11. The fraction of sp³-hybridized carbons (Fsp3) is 0.188. The Balaban J connectivity index is 2.13. The first-order valence-corrected chi connectivity index (χ1v) is 8.08. The van der Waals surface area contributed by atoms with Crippen molar-refractivity contribution in [2.24, 2.45) is 0 Å². The van der Waals surface area contributed by atoms with Gasteiger partial charge in [0.1, 0.15) is 5.82 Å². The van der Waals surface area contributed by atoms with Gasteiger partial charge in [0.15, 0.2) is 5.78 Å². The summed E-state index contributed by atoms with van der Waals surface area (Å²) >= 11 is 5.02. The Labute approximate surface area is 130 Å². The molecule has 0 spiro atoms. The van der Waals surface area contributed by atoms with Crippen LogP contribution < -0.4 is 0 Å². The van der Waals surface area contributed by atoms with Crippen molar-refractivity contribution in [3.05, 3.63) is 63.9 Å². The second-order valence-corrected chi connectivity index (χ2v) is 6.55. The third-order valence-electron chi connectivity index (χ3n) is 2.85. The van der Waals surface area contributed by atoms with Gasteiger partial charge in [-0.2, -0.15) is 0 Å². The van der Waals surface area contributed by atoms with E-state index in [-0.39, 0.29) is 18.0 Å². The van der Waals surface area contributed by atoms with Gasteiger partial charge in [0.25, 0.3) is 0 Å². The molecule has 0 unspecified atom stereocenters. The lowest BCUT2D eigenvalue weighted by molar-refractivity contribution is 0.0991. The van der Waals surface area contributed by atoms with E-state index in [0.717, 1.165) is 15.1 Å². The molecule has 2 aromatic rings. The van der Waals surface area contributed by atoms with Crippen molar-refractivity contribution in [2.75, 3.05) is 5.75 Å². The number of ketones is 1. The Morgan fingerprint density at radius 3 is 2.55 bits per heavy atom. The van der Waals surface area contributed by atoms with Crippen molar-refractivity contribution < 1.29 is 9.18 Å². The van der Waals surface area contributed by atoms with Gasteiger partial charge in [0, 0.05) is 21.4 Å². The Morgan fingerprint density at radius 2 is 1.90 bits per heavy atom. The highest BCUT2D eigenvalue weighted by molar-refractivity contribution is 9.10. The summed E-state index contributed by atoms with van der Waals surface area (Å²) in [5, 5.41) is 0. The lowest BCUT2D eigenvalue weighted by Gasteiger charge is -2.05. The van der Waals surface area contributed by atoms with Gasteiger partial charge in [-0.05, 0) is 41.6 Å². The van der Waals surface area contributed by atoms with Crippen LogP contribution >= 0.6 is 27.7 Å². The molecule has 0 heterocycles. The van der Waals surface area contributed by atoms with Gasteiger partial charge >= 0.3 is 0 Å². The van der Waals surface area contributed by atoms with Crippen molar-refractivity contribution in [1.29, 1.82) is 0 Å². The molecule has 2 rings (SSSR count). The summed E-state index contributed by atoms with van der Waals surface area (Å²) in [6, 6.07) is 12.1. The molecule has 4 heteroatoms. The molecule has 104 valence electrons. The summed E-state index contributed by atoms with van der Waals surface area (Å²) in [4.78, 5) is 13.3. The van der Waals surface area contributed by atoms with Crippen LogP contribution in [-0.2, 0) is 6.42 Å². The third kappa shape index (κ3) is 3.93. The number of benzene rings is 2. The largest absolute Gasteiger partial charge is 0.294 e. The maximum atomic E-state index is 13.6. The molecular formula is C16H14BrFOS. The number of Topliss-reactive ketones (excluding diaryl/α,β-unsaturated/α-hetero) is 1. The van der Waals surface area contributed by atoms with E-state index in [1.54, 1.807) is 36.0 Å². The van der Waals surface area contributed by atoms with E-state index in [4.69, 9.17) is 0 Å². The summed E-state index contributed by atoms with van der Waals surface area (Å²) in [7, 11) is 0. The van der Waals surface area contributed by atoms with Crippen LogP contribution in [0.15, 0.2) is 51.8 Å². The van der Waals surface area contributed by atoms with Gasteiger partial charge in [-0.15, -0.1) is 11.8 Å². The van der Waals surface area contributed by atoms with Crippen molar-refractivity contribution in [3.63, 3.8) is 0 Å². The number of thioether (sulfide) groups is 1. The second-order valence-electron chi connectivity index (χ2n) is 4.29. The highest BCUT2D eigenvalue weighted by Crippen LogP contribution is 2.20. The molecule has 20 heavy (non-hydrogen) atoms. The van der Waals surface area contributed by atoms with Crippen LogP contribution in [0.25, 0.3) is 0 Å². The number of rotatable bonds is 5. The molecule has 0 saturated carbocycles. The van der Waals surface area contributed by atoms with E-state index in [1.165, 1.54) is 6.07 Å². The summed E-state index contributed by atoms with van der Waals surface area (Å²) < 4.78 is 14.4. The number of hydrogen-bond acceptors (Lipinski definition) is 2. The molecular weight excluding hydrogens is 339 g/mol. The standard InChI is InChI=1S/C16H14BrFOS/c1-2-20-14-6-3-11(4-7-14)16(19)10-12-9-13(17)5-8-15(12)18/h3-9H,2,10H2,1H3. The van der Waals surface area contributed by atoms with Gasteiger partial charge in [0.2, 0.25) is 0 Å². The van der Waals surface area contributed by atoms with Crippen LogP contribution in [0.1, 0.15) is 22.8 Å². The molecule has 0 aliphatic heterocycles. The summed E-state index contributed by atoms with van der Waals surface area (Å²) in [6.45, 7) is 2.08. The summed E-state index contributed by atoms with van der Waals surface area (Å²) in [6.07, 6.45) is 0.0749. The lowest BCUT2D eigenvalue weighted by Crippen LogP contribution is -2.05. The van der Waals surface area contributed by atoms with Gasteiger partial charge in [0.05, 0.1) is 0 Å². The average Bonchev–Trinajstić information content (AvgIpc) is 2.44. The topological polar surface area (TPSA) is 17.1 Å². The van der Waals surface area contributed by atoms with Crippen molar-refractivity contribution >= 4 is 33.5 Å². The monoisotopic (exact) mass is 352 g/mol. The first-order chi connectivity index (χ1) is 9.60. The zero-order chi connectivity index (χ0) is 14.5. The number of carbonyl (C=O) groups is 1. The first kappa shape index (κ1) is 15.3. The van der Waals surface area contributed by atoms with Crippen LogP contribution in [0.2, 0.25) is 0 Å². The second kappa shape index (κ2) is 7.04. The normalized spacial score (nSPS) is 10.6. The quantitative estimate of drug-likeness (QED) is 0.548. The highest BCUT2D eigenvalue weighted by atomic mass is 79.9. The number of hydrogen-bond donors (Lipinski definition) is 0. The molecule has 0 aromatic heterocycles. The van der Waals surface area contributed by atoms with Crippen molar-refractivity contribution in [1.82, 2.24) is 0 Å². The van der Waals surface area contributed by atoms with Crippen LogP contribution in [0, 0.1) is 5.82 Å². The molecule has 0 saturated heterocycles. The fourth-order valence-electron chi connectivity index (χ4n) is 1.86. The zero-order valence-corrected chi connectivity index (χ0v) is 13.4. The molecule has 0 radical (unpaired) electrons. The van der Waals surface area contributed by atoms with Crippen LogP contribution in [0.5, 0.6) is 0 Å².